The second-order valence-electron chi connectivity index (χ2n) is 6.82. The monoisotopic (exact) mass is 378 g/mol. The molecule has 0 aliphatic carbocycles. The summed E-state index contributed by atoms with van der Waals surface area (Å²) in [7, 11) is 0. The predicted octanol–water partition coefficient (Wildman–Crippen LogP) is 2.62. The van der Waals surface area contributed by atoms with Gasteiger partial charge in [-0.05, 0) is 12.8 Å². The standard InChI is InChI=1S/C16H25F3N4OS/c1-12(2)8-23(11-16(17,18)19)14(24)9-21-4-6-22(7-5-21)15-20-13(3)10-25-15/h10,12H,4-9,11H2,1-3H3. The fourth-order valence-electron chi connectivity index (χ4n) is 2.79. The molecule has 1 aliphatic heterocycles. The first kappa shape index (κ1) is 20.0. The largest absolute Gasteiger partial charge is 0.406 e. The van der Waals surface area contributed by atoms with Crippen LogP contribution in [0.2, 0.25) is 0 Å². The first-order valence-electron chi connectivity index (χ1n) is 8.38. The molecule has 1 fully saturated rings. The van der Waals surface area contributed by atoms with Crippen molar-refractivity contribution in [2.24, 2.45) is 5.92 Å². The van der Waals surface area contributed by atoms with Crippen LogP contribution < -0.4 is 4.90 Å². The third-order valence-corrected chi connectivity index (χ3v) is 4.94. The van der Waals surface area contributed by atoms with Crippen LogP contribution in [-0.2, 0) is 4.79 Å². The lowest BCUT2D eigenvalue weighted by atomic mass is 10.2. The maximum absolute atomic E-state index is 12.7. The van der Waals surface area contributed by atoms with E-state index < -0.39 is 18.6 Å². The van der Waals surface area contributed by atoms with Crippen molar-refractivity contribution in [2.75, 3.05) is 50.7 Å². The Morgan fingerprint density at radius 3 is 2.44 bits per heavy atom. The number of halogens is 3. The Balaban J connectivity index is 1.87. The Morgan fingerprint density at radius 1 is 1.32 bits per heavy atom. The van der Waals surface area contributed by atoms with Crippen LogP contribution in [0.1, 0.15) is 19.5 Å². The number of thiazole rings is 1. The molecule has 0 bridgehead atoms. The normalized spacial score (nSPS) is 16.5. The molecule has 0 saturated carbocycles. The predicted molar refractivity (Wildman–Crippen MR) is 93.0 cm³/mol. The zero-order valence-corrected chi connectivity index (χ0v) is 15.7. The smallest absolute Gasteiger partial charge is 0.346 e. The molecule has 0 aromatic carbocycles. The molecule has 2 rings (SSSR count). The van der Waals surface area contributed by atoms with Crippen molar-refractivity contribution in [3.8, 4) is 0 Å². The topological polar surface area (TPSA) is 39.7 Å². The third-order valence-electron chi connectivity index (χ3n) is 3.92. The van der Waals surface area contributed by atoms with E-state index in [1.54, 1.807) is 11.3 Å². The maximum atomic E-state index is 12.7. The fourth-order valence-corrected chi connectivity index (χ4v) is 3.64. The lowest BCUT2D eigenvalue weighted by Gasteiger charge is -2.35. The number of aryl methyl sites for hydroxylation is 1. The molecule has 2 heterocycles. The minimum Gasteiger partial charge on any atom is -0.346 e. The molecular weight excluding hydrogens is 353 g/mol. The van der Waals surface area contributed by atoms with Crippen LogP contribution >= 0.6 is 11.3 Å². The Morgan fingerprint density at radius 2 is 1.96 bits per heavy atom. The summed E-state index contributed by atoms with van der Waals surface area (Å²) >= 11 is 1.59. The number of carbonyl (C=O) groups excluding carboxylic acids is 1. The van der Waals surface area contributed by atoms with E-state index in [-0.39, 0.29) is 19.0 Å². The molecule has 142 valence electrons. The van der Waals surface area contributed by atoms with Crippen molar-refractivity contribution in [3.63, 3.8) is 0 Å². The van der Waals surface area contributed by atoms with E-state index in [2.05, 4.69) is 9.88 Å². The molecule has 25 heavy (non-hydrogen) atoms. The molecule has 0 spiro atoms. The quantitative estimate of drug-likeness (QED) is 0.763. The molecule has 0 N–H and O–H groups in total. The molecule has 1 aromatic rings. The summed E-state index contributed by atoms with van der Waals surface area (Å²) in [6, 6.07) is 0. The molecule has 0 radical (unpaired) electrons. The summed E-state index contributed by atoms with van der Waals surface area (Å²) in [6.45, 7) is 7.29. The summed E-state index contributed by atoms with van der Waals surface area (Å²) in [5.41, 5.74) is 0.981. The van der Waals surface area contributed by atoms with Gasteiger partial charge >= 0.3 is 6.18 Å². The fraction of sp³-hybridized carbons (Fsp3) is 0.750. The van der Waals surface area contributed by atoms with Crippen LogP contribution in [0.4, 0.5) is 18.3 Å². The molecule has 1 aliphatic rings. The zero-order chi connectivity index (χ0) is 18.6. The van der Waals surface area contributed by atoms with Gasteiger partial charge < -0.3 is 9.80 Å². The number of aromatic nitrogens is 1. The van der Waals surface area contributed by atoms with Crippen LogP contribution in [-0.4, -0.2) is 72.7 Å². The number of amides is 1. The average Bonchev–Trinajstić information content (AvgIpc) is 2.92. The van der Waals surface area contributed by atoms with Crippen LogP contribution in [0.5, 0.6) is 0 Å². The van der Waals surface area contributed by atoms with Crippen molar-refractivity contribution in [1.29, 1.82) is 0 Å². The van der Waals surface area contributed by atoms with Crippen molar-refractivity contribution in [3.05, 3.63) is 11.1 Å². The van der Waals surface area contributed by atoms with Gasteiger partial charge in [0.05, 0.1) is 12.2 Å². The molecular formula is C16H25F3N4OS. The van der Waals surface area contributed by atoms with E-state index in [9.17, 15) is 18.0 Å². The number of carbonyl (C=O) groups is 1. The maximum Gasteiger partial charge on any atom is 0.406 e. The van der Waals surface area contributed by atoms with Crippen molar-refractivity contribution >= 4 is 22.4 Å². The average molecular weight is 378 g/mol. The highest BCUT2D eigenvalue weighted by Crippen LogP contribution is 2.22. The van der Waals surface area contributed by atoms with Gasteiger partial charge in [-0.25, -0.2) is 4.98 Å². The third kappa shape index (κ3) is 6.47. The first-order valence-corrected chi connectivity index (χ1v) is 9.26. The van der Waals surface area contributed by atoms with Gasteiger partial charge in [-0.3, -0.25) is 9.69 Å². The summed E-state index contributed by atoms with van der Waals surface area (Å²) in [6.07, 6.45) is -4.37. The van der Waals surface area contributed by atoms with E-state index in [1.807, 2.05) is 31.1 Å². The van der Waals surface area contributed by atoms with Gasteiger partial charge in [0.25, 0.3) is 0 Å². The lowest BCUT2D eigenvalue weighted by Crippen LogP contribution is -2.51. The summed E-state index contributed by atoms with van der Waals surface area (Å²) in [5, 5.41) is 2.95. The van der Waals surface area contributed by atoms with Crippen LogP contribution in [0.3, 0.4) is 0 Å². The van der Waals surface area contributed by atoms with Gasteiger partial charge in [0.2, 0.25) is 5.91 Å². The van der Waals surface area contributed by atoms with Crippen molar-refractivity contribution in [2.45, 2.75) is 26.9 Å². The highest BCUT2D eigenvalue weighted by molar-refractivity contribution is 7.13. The number of hydrogen-bond acceptors (Lipinski definition) is 5. The minimum absolute atomic E-state index is 0.00344. The number of alkyl halides is 3. The van der Waals surface area contributed by atoms with Gasteiger partial charge in [-0.1, -0.05) is 13.8 Å². The number of rotatable bonds is 6. The first-order chi connectivity index (χ1) is 11.6. The Kier molecular flexibility index (Phi) is 6.67. The summed E-state index contributed by atoms with van der Waals surface area (Å²) < 4.78 is 38.1. The molecule has 9 heteroatoms. The van der Waals surface area contributed by atoms with Gasteiger partial charge in [0.1, 0.15) is 6.54 Å². The lowest BCUT2D eigenvalue weighted by molar-refractivity contribution is -0.162. The highest BCUT2D eigenvalue weighted by Gasteiger charge is 2.34. The summed E-state index contributed by atoms with van der Waals surface area (Å²) in [5.74, 6) is -0.458. The van der Waals surface area contributed by atoms with Crippen LogP contribution in [0.15, 0.2) is 5.38 Å². The van der Waals surface area contributed by atoms with Gasteiger partial charge in [-0.15, -0.1) is 11.3 Å². The summed E-state index contributed by atoms with van der Waals surface area (Å²) in [4.78, 5) is 21.8. The van der Waals surface area contributed by atoms with E-state index in [0.717, 1.165) is 28.8 Å². The molecule has 0 atom stereocenters. The van der Waals surface area contributed by atoms with Crippen molar-refractivity contribution in [1.82, 2.24) is 14.8 Å². The van der Waals surface area contributed by atoms with Crippen LogP contribution in [0, 0.1) is 12.8 Å². The highest BCUT2D eigenvalue weighted by atomic mass is 32.1. The molecule has 1 aromatic heterocycles. The van der Waals surface area contributed by atoms with Crippen molar-refractivity contribution < 1.29 is 18.0 Å². The Labute approximate surface area is 150 Å². The number of nitrogens with zero attached hydrogens (tertiary/aromatic N) is 4. The van der Waals surface area contributed by atoms with Gasteiger partial charge in [0.15, 0.2) is 5.13 Å². The Bertz CT molecular complexity index is 568. The molecule has 0 unspecified atom stereocenters. The molecule has 1 amide bonds. The number of anilines is 1. The second-order valence-corrected chi connectivity index (χ2v) is 7.65. The van der Waals surface area contributed by atoms with E-state index in [4.69, 9.17) is 0 Å². The minimum atomic E-state index is -4.37. The zero-order valence-electron chi connectivity index (χ0n) is 14.8. The SMILES string of the molecule is Cc1csc(N2CCN(CC(=O)N(CC(C)C)CC(F)(F)F)CC2)n1. The second kappa shape index (κ2) is 8.35. The van der Waals surface area contributed by atoms with E-state index >= 15 is 0 Å². The van der Waals surface area contributed by atoms with E-state index in [0.29, 0.717) is 13.1 Å². The Hall–Kier alpha value is -1.35. The van der Waals surface area contributed by atoms with Crippen LogP contribution in [0.25, 0.3) is 0 Å². The molecule has 5 nitrogen and oxygen atoms in total. The number of piperazine rings is 1. The molecule has 1 saturated heterocycles. The number of hydrogen-bond donors (Lipinski definition) is 0. The van der Waals surface area contributed by atoms with E-state index in [1.165, 1.54) is 0 Å². The van der Waals surface area contributed by atoms with Gasteiger partial charge in [-0.2, -0.15) is 13.2 Å². The van der Waals surface area contributed by atoms with Gasteiger partial charge in [0, 0.05) is 38.1 Å².